The van der Waals surface area contributed by atoms with Crippen molar-refractivity contribution in [2.75, 3.05) is 20.7 Å². The van der Waals surface area contributed by atoms with Gasteiger partial charge in [0.2, 0.25) is 0 Å². The van der Waals surface area contributed by atoms with E-state index in [2.05, 4.69) is 32.6 Å². The summed E-state index contributed by atoms with van der Waals surface area (Å²) in [5.41, 5.74) is 0. The maximum atomic E-state index is 5.94. The fraction of sp³-hybridized carbons (Fsp3) is 0.550. The van der Waals surface area contributed by atoms with Gasteiger partial charge in [0.1, 0.15) is 23.4 Å². The number of hydrogen-bond acceptors (Lipinski definition) is 5. The van der Waals surface area contributed by atoms with Gasteiger partial charge in [0, 0.05) is 25.9 Å². The maximum absolute atomic E-state index is 5.94. The predicted octanol–water partition coefficient (Wildman–Crippen LogP) is 2.41. The van der Waals surface area contributed by atoms with Gasteiger partial charge in [0.15, 0.2) is 11.8 Å². The van der Waals surface area contributed by atoms with Gasteiger partial charge in [-0.1, -0.05) is 6.92 Å². The molecule has 3 rings (SSSR count). The molecule has 2 unspecified atom stereocenters. The molecular weight excluding hydrogens is 483 g/mol. The molecule has 0 bridgehead atoms. The average Bonchev–Trinajstić information content (AvgIpc) is 3.14. The van der Waals surface area contributed by atoms with Crippen LogP contribution in [-0.2, 0) is 19.4 Å². The molecule has 0 radical (unpaired) electrons. The van der Waals surface area contributed by atoms with E-state index in [0.717, 1.165) is 54.9 Å². The van der Waals surface area contributed by atoms with Crippen LogP contribution in [0.5, 0.6) is 11.5 Å². The number of nitrogens with zero attached hydrogens (tertiary/aromatic N) is 4. The highest BCUT2D eigenvalue weighted by atomic mass is 127. The minimum atomic E-state index is -0.00710. The lowest BCUT2D eigenvalue weighted by atomic mass is 10.1. The summed E-state index contributed by atoms with van der Waals surface area (Å²) in [5.74, 6) is 4.41. The molecule has 0 aliphatic carbocycles. The second kappa shape index (κ2) is 11.2. The normalized spacial score (nSPS) is 17.0. The SMILES string of the molecule is CCc1nc2n(n1)CC(NC(=NC)NCC(C)Oc1ccc(OC)cc1)CC2.I. The lowest BCUT2D eigenvalue weighted by molar-refractivity contribution is 0.223. The maximum Gasteiger partial charge on any atom is 0.191 e. The number of aromatic nitrogens is 3. The summed E-state index contributed by atoms with van der Waals surface area (Å²) in [6, 6.07) is 7.88. The number of aryl methyl sites for hydroxylation is 2. The van der Waals surface area contributed by atoms with Crippen molar-refractivity contribution in [3.05, 3.63) is 35.9 Å². The molecule has 2 atom stereocenters. The molecule has 1 aliphatic heterocycles. The Bertz CT molecular complexity index is 793. The van der Waals surface area contributed by atoms with Crippen LogP contribution in [0.1, 0.15) is 31.9 Å². The van der Waals surface area contributed by atoms with Crippen molar-refractivity contribution in [3.63, 3.8) is 0 Å². The molecule has 0 saturated carbocycles. The Hall–Kier alpha value is -2.04. The van der Waals surface area contributed by atoms with Crippen LogP contribution in [0.4, 0.5) is 0 Å². The van der Waals surface area contributed by atoms with E-state index >= 15 is 0 Å². The zero-order chi connectivity index (χ0) is 19.9. The second-order valence-corrected chi connectivity index (χ2v) is 6.92. The van der Waals surface area contributed by atoms with Crippen LogP contribution in [0.2, 0.25) is 0 Å². The predicted molar refractivity (Wildman–Crippen MR) is 125 cm³/mol. The van der Waals surface area contributed by atoms with Crippen LogP contribution in [-0.4, -0.2) is 53.6 Å². The Morgan fingerprint density at radius 2 is 2.03 bits per heavy atom. The van der Waals surface area contributed by atoms with Crippen molar-refractivity contribution < 1.29 is 9.47 Å². The Balaban J connectivity index is 0.00000300. The Labute approximate surface area is 189 Å². The van der Waals surface area contributed by atoms with Gasteiger partial charge in [0.25, 0.3) is 0 Å². The third-order valence-corrected chi connectivity index (χ3v) is 4.74. The molecule has 2 N–H and O–H groups in total. The first-order valence-corrected chi connectivity index (χ1v) is 9.81. The molecule has 0 spiro atoms. The molecule has 1 aromatic heterocycles. The Morgan fingerprint density at radius 1 is 1.31 bits per heavy atom. The highest BCUT2D eigenvalue weighted by Crippen LogP contribution is 2.18. The van der Waals surface area contributed by atoms with E-state index in [4.69, 9.17) is 9.47 Å². The summed E-state index contributed by atoms with van der Waals surface area (Å²) in [6.45, 7) is 5.56. The van der Waals surface area contributed by atoms with Gasteiger partial charge < -0.3 is 20.1 Å². The van der Waals surface area contributed by atoms with Gasteiger partial charge in [-0.15, -0.1) is 24.0 Å². The zero-order valence-electron chi connectivity index (χ0n) is 17.5. The number of guanidine groups is 1. The van der Waals surface area contributed by atoms with Gasteiger partial charge >= 0.3 is 0 Å². The van der Waals surface area contributed by atoms with Crippen molar-refractivity contribution >= 4 is 29.9 Å². The molecule has 0 amide bonds. The highest BCUT2D eigenvalue weighted by Gasteiger charge is 2.22. The van der Waals surface area contributed by atoms with Crippen LogP contribution < -0.4 is 20.1 Å². The fourth-order valence-corrected chi connectivity index (χ4v) is 3.18. The van der Waals surface area contributed by atoms with Crippen LogP contribution in [0.25, 0.3) is 0 Å². The lowest BCUT2D eigenvalue weighted by Gasteiger charge is -2.26. The number of halogens is 1. The summed E-state index contributed by atoms with van der Waals surface area (Å²) in [5, 5.41) is 11.4. The van der Waals surface area contributed by atoms with E-state index in [-0.39, 0.29) is 36.1 Å². The summed E-state index contributed by atoms with van der Waals surface area (Å²) in [4.78, 5) is 8.91. The van der Waals surface area contributed by atoms with Crippen molar-refractivity contribution in [3.8, 4) is 11.5 Å². The van der Waals surface area contributed by atoms with E-state index in [1.165, 1.54) is 0 Å². The van der Waals surface area contributed by atoms with E-state index in [1.54, 1.807) is 14.2 Å². The number of ether oxygens (including phenoxy) is 2. The number of nitrogens with one attached hydrogen (secondary N) is 2. The molecule has 1 aromatic carbocycles. The number of benzene rings is 1. The largest absolute Gasteiger partial charge is 0.497 e. The molecule has 8 nitrogen and oxygen atoms in total. The van der Waals surface area contributed by atoms with Crippen LogP contribution >= 0.6 is 24.0 Å². The second-order valence-electron chi connectivity index (χ2n) is 6.92. The van der Waals surface area contributed by atoms with E-state index < -0.39 is 0 Å². The summed E-state index contributed by atoms with van der Waals surface area (Å²) >= 11 is 0. The van der Waals surface area contributed by atoms with Gasteiger partial charge in [-0.3, -0.25) is 4.99 Å². The number of hydrogen-bond donors (Lipinski definition) is 2. The number of aliphatic imine (C=N–C) groups is 1. The fourth-order valence-electron chi connectivity index (χ4n) is 3.18. The smallest absolute Gasteiger partial charge is 0.191 e. The third kappa shape index (κ3) is 6.48. The van der Waals surface area contributed by atoms with E-state index in [1.807, 2.05) is 35.9 Å². The molecular formula is C20H31IN6O2. The monoisotopic (exact) mass is 514 g/mol. The molecule has 0 fully saturated rings. The molecule has 9 heteroatoms. The molecule has 1 aliphatic rings. The van der Waals surface area contributed by atoms with Crippen molar-refractivity contribution in [2.24, 2.45) is 4.99 Å². The van der Waals surface area contributed by atoms with Crippen LogP contribution in [0.3, 0.4) is 0 Å². The lowest BCUT2D eigenvalue weighted by Crippen LogP contribution is -2.48. The van der Waals surface area contributed by atoms with E-state index in [9.17, 15) is 0 Å². The third-order valence-electron chi connectivity index (χ3n) is 4.74. The van der Waals surface area contributed by atoms with Gasteiger partial charge in [0.05, 0.1) is 20.2 Å². The van der Waals surface area contributed by atoms with Crippen molar-refractivity contribution in [1.82, 2.24) is 25.4 Å². The molecule has 2 heterocycles. The summed E-state index contributed by atoms with van der Waals surface area (Å²) in [7, 11) is 3.43. The van der Waals surface area contributed by atoms with Gasteiger partial charge in [-0.2, -0.15) is 5.10 Å². The Morgan fingerprint density at radius 3 is 2.69 bits per heavy atom. The topological polar surface area (TPSA) is 85.6 Å². The highest BCUT2D eigenvalue weighted by molar-refractivity contribution is 14.0. The minimum absolute atomic E-state index is 0. The Kier molecular flexibility index (Phi) is 8.99. The van der Waals surface area contributed by atoms with E-state index in [0.29, 0.717) is 6.54 Å². The summed E-state index contributed by atoms with van der Waals surface area (Å²) < 4.78 is 13.1. The molecule has 29 heavy (non-hydrogen) atoms. The zero-order valence-corrected chi connectivity index (χ0v) is 19.8. The quantitative estimate of drug-likeness (QED) is 0.336. The first-order chi connectivity index (χ1) is 13.6. The summed E-state index contributed by atoms with van der Waals surface area (Å²) in [6.07, 6.45) is 2.80. The number of fused-ring (bicyclic) bond motifs is 1. The van der Waals surface area contributed by atoms with Crippen molar-refractivity contribution in [1.29, 1.82) is 0 Å². The van der Waals surface area contributed by atoms with Gasteiger partial charge in [-0.25, -0.2) is 9.67 Å². The number of methoxy groups -OCH3 is 1. The molecule has 160 valence electrons. The first-order valence-electron chi connectivity index (χ1n) is 9.81. The minimum Gasteiger partial charge on any atom is -0.497 e. The standard InChI is InChI=1S/C20H30N6O2.HI/c1-5-18-24-19-11-6-15(13-26(19)25-18)23-20(21-3)22-12-14(2)28-17-9-7-16(27-4)8-10-17;/h7-10,14-15H,5-6,11-13H2,1-4H3,(H2,21,22,23);1H. The first kappa shape index (κ1) is 23.2. The van der Waals surface area contributed by atoms with Crippen molar-refractivity contribution in [2.45, 2.75) is 51.8 Å². The molecule has 0 saturated heterocycles. The van der Waals surface area contributed by atoms with Crippen LogP contribution in [0.15, 0.2) is 29.3 Å². The average molecular weight is 514 g/mol. The number of rotatable bonds is 7. The van der Waals surface area contributed by atoms with Gasteiger partial charge in [-0.05, 0) is 37.6 Å². The van der Waals surface area contributed by atoms with Crippen LogP contribution in [0, 0.1) is 0 Å². The molecule has 2 aromatic rings.